The highest BCUT2D eigenvalue weighted by Crippen LogP contribution is 2.22. The molecule has 0 aliphatic rings. The van der Waals surface area contributed by atoms with Crippen molar-refractivity contribution in [2.24, 2.45) is 5.84 Å². The number of furan rings is 1. The number of ether oxygens (including phenoxy) is 1. The van der Waals surface area contributed by atoms with Crippen molar-refractivity contribution in [2.45, 2.75) is 38.8 Å². The van der Waals surface area contributed by atoms with Crippen LogP contribution < -0.4 is 11.3 Å². The molecule has 1 aromatic heterocycles. The minimum atomic E-state index is 0.00338. The van der Waals surface area contributed by atoms with Gasteiger partial charge in [0.15, 0.2) is 0 Å². The summed E-state index contributed by atoms with van der Waals surface area (Å²) in [4.78, 5) is 0. The van der Waals surface area contributed by atoms with Gasteiger partial charge in [0.1, 0.15) is 0 Å². The lowest BCUT2D eigenvalue weighted by atomic mass is 10.0. The number of nitrogens with two attached hydrogens (primary N) is 1. The predicted octanol–water partition coefficient (Wildman–Crippen LogP) is 1.99. The lowest BCUT2D eigenvalue weighted by Crippen LogP contribution is -2.37. The number of hydrogen-bond donors (Lipinski definition) is 2. The molecule has 2 unspecified atom stereocenters. The highest BCUT2D eigenvalue weighted by molar-refractivity contribution is 5.13. The van der Waals surface area contributed by atoms with Crippen molar-refractivity contribution in [3.05, 3.63) is 24.2 Å². The minimum Gasteiger partial charge on any atom is -0.472 e. The van der Waals surface area contributed by atoms with Crippen molar-refractivity contribution in [3.63, 3.8) is 0 Å². The lowest BCUT2D eigenvalue weighted by molar-refractivity contribution is 0.0274. The molecule has 2 atom stereocenters. The average Bonchev–Trinajstić information content (AvgIpc) is 2.73. The molecular formula is C11H20N2O2. The molecule has 0 amide bonds. The number of hydrazine groups is 1. The number of hydrogen-bond acceptors (Lipinski definition) is 4. The molecule has 0 saturated heterocycles. The first kappa shape index (κ1) is 12.2. The van der Waals surface area contributed by atoms with E-state index in [1.807, 2.05) is 13.0 Å². The summed E-state index contributed by atoms with van der Waals surface area (Å²) in [6.45, 7) is 4.82. The van der Waals surface area contributed by atoms with Gasteiger partial charge < -0.3 is 9.15 Å². The third-order valence-electron chi connectivity index (χ3n) is 2.41. The van der Waals surface area contributed by atoms with Gasteiger partial charge in [-0.25, -0.2) is 0 Å². The fourth-order valence-electron chi connectivity index (χ4n) is 1.71. The maximum Gasteiger partial charge on any atom is 0.0951 e. The first-order valence-electron chi connectivity index (χ1n) is 5.43. The van der Waals surface area contributed by atoms with E-state index in [-0.39, 0.29) is 12.1 Å². The largest absolute Gasteiger partial charge is 0.472 e. The highest BCUT2D eigenvalue weighted by Gasteiger charge is 2.22. The third kappa shape index (κ3) is 3.34. The smallest absolute Gasteiger partial charge is 0.0951 e. The third-order valence-corrected chi connectivity index (χ3v) is 2.41. The molecule has 0 fully saturated rings. The molecule has 0 spiro atoms. The van der Waals surface area contributed by atoms with E-state index in [0.717, 1.165) is 18.4 Å². The lowest BCUT2D eigenvalue weighted by Gasteiger charge is -2.25. The molecule has 4 heteroatoms. The van der Waals surface area contributed by atoms with Gasteiger partial charge in [0, 0.05) is 12.2 Å². The van der Waals surface area contributed by atoms with Crippen molar-refractivity contribution in [1.29, 1.82) is 0 Å². The Kier molecular flexibility index (Phi) is 5.39. The second-order valence-corrected chi connectivity index (χ2v) is 3.48. The van der Waals surface area contributed by atoms with Crippen LogP contribution in [0.4, 0.5) is 0 Å². The topological polar surface area (TPSA) is 60.4 Å². The second-order valence-electron chi connectivity index (χ2n) is 3.48. The van der Waals surface area contributed by atoms with Crippen LogP contribution in [0.5, 0.6) is 0 Å². The molecule has 0 bridgehead atoms. The minimum absolute atomic E-state index is 0.00338. The number of rotatable bonds is 7. The van der Waals surface area contributed by atoms with Crippen molar-refractivity contribution in [2.75, 3.05) is 6.61 Å². The Balaban J connectivity index is 2.69. The zero-order valence-electron chi connectivity index (χ0n) is 9.40. The molecule has 0 saturated carbocycles. The molecule has 0 aliphatic heterocycles. The molecule has 1 heterocycles. The summed E-state index contributed by atoms with van der Waals surface area (Å²) in [6, 6.07) is 1.91. The van der Waals surface area contributed by atoms with Gasteiger partial charge in [-0.2, -0.15) is 0 Å². The van der Waals surface area contributed by atoms with Gasteiger partial charge in [0.25, 0.3) is 0 Å². The van der Waals surface area contributed by atoms with Crippen LogP contribution >= 0.6 is 0 Å². The molecule has 1 rings (SSSR count). The Morgan fingerprint density at radius 2 is 2.33 bits per heavy atom. The van der Waals surface area contributed by atoms with Crippen molar-refractivity contribution in [3.8, 4) is 0 Å². The summed E-state index contributed by atoms with van der Waals surface area (Å²) in [5.41, 5.74) is 3.82. The molecule has 0 aromatic carbocycles. The Hall–Kier alpha value is -0.840. The van der Waals surface area contributed by atoms with E-state index in [2.05, 4.69) is 12.3 Å². The zero-order valence-corrected chi connectivity index (χ0v) is 9.40. The quantitative estimate of drug-likeness (QED) is 0.536. The van der Waals surface area contributed by atoms with E-state index in [9.17, 15) is 0 Å². The fraction of sp³-hybridized carbons (Fsp3) is 0.636. The SMILES string of the molecule is CCCC(OCC)C(NN)c1ccoc1. The molecule has 0 radical (unpaired) electrons. The van der Waals surface area contributed by atoms with Crippen LogP contribution in [0.15, 0.2) is 23.0 Å². The normalized spacial score (nSPS) is 15.1. The van der Waals surface area contributed by atoms with Gasteiger partial charge >= 0.3 is 0 Å². The van der Waals surface area contributed by atoms with Gasteiger partial charge in [-0.1, -0.05) is 13.3 Å². The van der Waals surface area contributed by atoms with Gasteiger partial charge in [0.2, 0.25) is 0 Å². The predicted molar refractivity (Wildman–Crippen MR) is 59.1 cm³/mol. The summed E-state index contributed by atoms with van der Waals surface area (Å²) in [5.74, 6) is 5.55. The van der Waals surface area contributed by atoms with Crippen molar-refractivity contribution in [1.82, 2.24) is 5.43 Å². The van der Waals surface area contributed by atoms with Crippen LogP contribution in [0.2, 0.25) is 0 Å². The van der Waals surface area contributed by atoms with Crippen LogP contribution in [0.25, 0.3) is 0 Å². The summed E-state index contributed by atoms with van der Waals surface area (Å²) in [6.07, 6.45) is 5.50. The monoisotopic (exact) mass is 212 g/mol. The summed E-state index contributed by atoms with van der Waals surface area (Å²) in [7, 11) is 0. The van der Waals surface area contributed by atoms with Crippen LogP contribution in [-0.4, -0.2) is 12.7 Å². The zero-order chi connectivity index (χ0) is 11.1. The van der Waals surface area contributed by atoms with E-state index in [1.54, 1.807) is 12.5 Å². The standard InChI is InChI=1S/C11H20N2O2/c1-3-5-10(15-4-2)11(13-12)9-6-7-14-8-9/h6-8,10-11,13H,3-5,12H2,1-2H3. The molecule has 86 valence electrons. The first-order valence-corrected chi connectivity index (χ1v) is 5.43. The first-order chi connectivity index (χ1) is 7.33. The van der Waals surface area contributed by atoms with Crippen LogP contribution in [0.3, 0.4) is 0 Å². The van der Waals surface area contributed by atoms with Crippen LogP contribution in [0, 0.1) is 0 Å². The van der Waals surface area contributed by atoms with E-state index in [0.29, 0.717) is 6.61 Å². The van der Waals surface area contributed by atoms with E-state index >= 15 is 0 Å². The fourth-order valence-corrected chi connectivity index (χ4v) is 1.71. The van der Waals surface area contributed by atoms with Gasteiger partial charge in [0.05, 0.1) is 24.7 Å². The maximum atomic E-state index is 5.68. The second kappa shape index (κ2) is 6.61. The van der Waals surface area contributed by atoms with Gasteiger partial charge in [-0.05, 0) is 19.4 Å². The maximum absolute atomic E-state index is 5.68. The summed E-state index contributed by atoms with van der Waals surface area (Å²) < 4.78 is 10.7. The Labute approximate surface area is 90.8 Å². The highest BCUT2D eigenvalue weighted by atomic mass is 16.5. The van der Waals surface area contributed by atoms with E-state index in [1.165, 1.54) is 0 Å². The Morgan fingerprint density at radius 1 is 1.53 bits per heavy atom. The number of nitrogens with one attached hydrogen (secondary N) is 1. The molecule has 0 aliphatic carbocycles. The molecule has 3 N–H and O–H groups in total. The Bertz CT molecular complexity index is 243. The molecule has 1 aromatic rings. The van der Waals surface area contributed by atoms with Crippen molar-refractivity contribution < 1.29 is 9.15 Å². The van der Waals surface area contributed by atoms with E-state index < -0.39 is 0 Å². The van der Waals surface area contributed by atoms with Crippen LogP contribution in [0.1, 0.15) is 38.3 Å². The molecule has 4 nitrogen and oxygen atoms in total. The molecular weight excluding hydrogens is 192 g/mol. The van der Waals surface area contributed by atoms with E-state index in [4.69, 9.17) is 15.0 Å². The average molecular weight is 212 g/mol. The molecule has 15 heavy (non-hydrogen) atoms. The Morgan fingerprint density at radius 3 is 2.80 bits per heavy atom. The van der Waals surface area contributed by atoms with Gasteiger partial charge in [-0.15, -0.1) is 0 Å². The van der Waals surface area contributed by atoms with Crippen molar-refractivity contribution >= 4 is 0 Å². The van der Waals surface area contributed by atoms with Crippen LogP contribution in [-0.2, 0) is 4.74 Å². The van der Waals surface area contributed by atoms with Gasteiger partial charge in [-0.3, -0.25) is 11.3 Å². The summed E-state index contributed by atoms with van der Waals surface area (Å²) in [5, 5.41) is 0. The summed E-state index contributed by atoms with van der Waals surface area (Å²) >= 11 is 0.